The van der Waals surface area contributed by atoms with Crippen molar-refractivity contribution in [2.24, 2.45) is 0 Å². The molecule has 0 aromatic heterocycles. The van der Waals surface area contributed by atoms with Crippen LogP contribution < -0.4 is 9.62 Å². The Labute approximate surface area is 142 Å². The molecule has 1 amide bonds. The van der Waals surface area contributed by atoms with E-state index >= 15 is 0 Å². The number of amides is 1. The highest BCUT2D eigenvalue weighted by molar-refractivity contribution is 7.93. The Morgan fingerprint density at radius 1 is 1.38 bits per heavy atom. The van der Waals surface area contributed by atoms with E-state index in [2.05, 4.69) is 5.32 Å². The molecule has 1 aliphatic rings. The van der Waals surface area contributed by atoms with Gasteiger partial charge >= 0.3 is 5.97 Å². The first-order valence-electron chi connectivity index (χ1n) is 7.94. The van der Waals surface area contributed by atoms with Gasteiger partial charge in [-0.1, -0.05) is 13.0 Å². The van der Waals surface area contributed by atoms with Gasteiger partial charge in [-0.3, -0.25) is 9.10 Å². The third-order valence-corrected chi connectivity index (χ3v) is 5.54. The molecule has 0 bridgehead atoms. The maximum absolute atomic E-state index is 12.2. The topological polar surface area (TPSA) is 92.8 Å². The number of benzene rings is 1. The predicted octanol–water partition coefficient (Wildman–Crippen LogP) is 1.30. The second-order valence-electron chi connectivity index (χ2n) is 5.63. The maximum Gasteiger partial charge on any atom is 0.338 e. The molecule has 1 fully saturated rings. The minimum atomic E-state index is -3.31. The molecular formula is C16H22N2O5S. The lowest BCUT2D eigenvalue weighted by Gasteiger charge is -2.18. The molecular weight excluding hydrogens is 332 g/mol. The Balaban J connectivity index is 2.08. The lowest BCUT2D eigenvalue weighted by atomic mass is 10.2. The van der Waals surface area contributed by atoms with Crippen LogP contribution in [0.5, 0.6) is 0 Å². The summed E-state index contributed by atoms with van der Waals surface area (Å²) < 4.78 is 30.4. The third-order valence-electron chi connectivity index (χ3n) is 3.67. The second-order valence-corrected chi connectivity index (χ2v) is 7.64. The van der Waals surface area contributed by atoms with Crippen molar-refractivity contribution in [3.63, 3.8) is 0 Å². The number of nitrogens with one attached hydrogen (secondary N) is 1. The van der Waals surface area contributed by atoms with Crippen molar-refractivity contribution in [2.75, 3.05) is 23.1 Å². The Morgan fingerprint density at radius 3 is 2.75 bits per heavy atom. The number of carbonyl (C=O) groups excluding carboxylic acids is 2. The molecule has 0 saturated carbocycles. The van der Waals surface area contributed by atoms with Gasteiger partial charge < -0.3 is 10.1 Å². The summed E-state index contributed by atoms with van der Waals surface area (Å²) in [5, 5.41) is 2.65. The molecule has 8 heteroatoms. The van der Waals surface area contributed by atoms with Gasteiger partial charge in [-0.05, 0) is 38.0 Å². The molecule has 1 N–H and O–H groups in total. The molecule has 0 radical (unpaired) electrons. The average Bonchev–Trinajstić information content (AvgIpc) is 2.91. The number of sulfonamides is 1. The fourth-order valence-corrected chi connectivity index (χ4v) is 3.95. The molecule has 0 aliphatic carbocycles. The number of ether oxygens (including phenoxy) is 1. The number of rotatable bonds is 6. The second kappa shape index (κ2) is 7.65. The van der Waals surface area contributed by atoms with Crippen molar-refractivity contribution < 1.29 is 22.7 Å². The number of nitrogens with zero attached hydrogens (tertiary/aromatic N) is 1. The molecule has 1 aromatic rings. The Morgan fingerprint density at radius 2 is 2.12 bits per heavy atom. The standard InChI is InChI=1S/C16H22N2O5S/c1-3-8-17-15(19)12(2)23-16(20)13-6-4-7-14(11-13)18-9-5-10-24(18,21)22/h4,6-7,11-12H,3,5,8-10H2,1-2H3,(H,17,19). The first-order chi connectivity index (χ1) is 11.3. The highest BCUT2D eigenvalue weighted by atomic mass is 32.2. The number of hydrogen-bond acceptors (Lipinski definition) is 5. The summed E-state index contributed by atoms with van der Waals surface area (Å²) in [6.07, 6.45) is 0.438. The quantitative estimate of drug-likeness (QED) is 0.777. The summed E-state index contributed by atoms with van der Waals surface area (Å²) in [6, 6.07) is 6.24. The van der Waals surface area contributed by atoms with Gasteiger partial charge in [0.25, 0.3) is 5.91 Å². The molecule has 1 aromatic carbocycles. The predicted molar refractivity (Wildman–Crippen MR) is 90.4 cm³/mol. The van der Waals surface area contributed by atoms with Gasteiger partial charge in [0.05, 0.1) is 17.0 Å². The van der Waals surface area contributed by atoms with Crippen molar-refractivity contribution in [3.8, 4) is 0 Å². The van der Waals surface area contributed by atoms with Crippen LogP contribution in [-0.4, -0.2) is 45.2 Å². The van der Waals surface area contributed by atoms with E-state index in [1.807, 2.05) is 6.92 Å². The monoisotopic (exact) mass is 354 g/mol. The van der Waals surface area contributed by atoms with Gasteiger partial charge in [-0.25, -0.2) is 13.2 Å². The number of carbonyl (C=O) groups is 2. The zero-order chi connectivity index (χ0) is 17.7. The highest BCUT2D eigenvalue weighted by Gasteiger charge is 2.29. The van der Waals surface area contributed by atoms with Gasteiger partial charge in [-0.15, -0.1) is 0 Å². The molecule has 1 unspecified atom stereocenters. The van der Waals surface area contributed by atoms with Gasteiger partial charge in [-0.2, -0.15) is 0 Å². The van der Waals surface area contributed by atoms with Crippen LogP contribution in [0.2, 0.25) is 0 Å². The van der Waals surface area contributed by atoms with Crippen molar-refractivity contribution in [1.82, 2.24) is 5.32 Å². The summed E-state index contributed by atoms with van der Waals surface area (Å²) >= 11 is 0. The Kier molecular flexibility index (Phi) is 5.82. The summed E-state index contributed by atoms with van der Waals surface area (Å²) in [5.74, 6) is -0.910. The first kappa shape index (κ1) is 18.3. The van der Waals surface area contributed by atoms with E-state index in [-0.39, 0.29) is 17.2 Å². The van der Waals surface area contributed by atoms with E-state index in [0.717, 1.165) is 6.42 Å². The lowest BCUT2D eigenvalue weighted by molar-refractivity contribution is -0.129. The van der Waals surface area contributed by atoms with Gasteiger partial charge in [0.1, 0.15) is 0 Å². The molecule has 132 valence electrons. The van der Waals surface area contributed by atoms with Crippen LogP contribution in [0.1, 0.15) is 37.0 Å². The number of anilines is 1. The Hall–Kier alpha value is -2.09. The summed E-state index contributed by atoms with van der Waals surface area (Å²) in [6.45, 7) is 4.34. The zero-order valence-corrected chi connectivity index (χ0v) is 14.6. The van der Waals surface area contributed by atoms with Crippen molar-refractivity contribution in [1.29, 1.82) is 0 Å². The van der Waals surface area contributed by atoms with E-state index in [0.29, 0.717) is 25.2 Å². The first-order valence-corrected chi connectivity index (χ1v) is 9.55. The van der Waals surface area contributed by atoms with E-state index in [1.54, 1.807) is 12.1 Å². The van der Waals surface area contributed by atoms with Gasteiger partial charge in [0, 0.05) is 13.1 Å². The molecule has 1 aliphatic heterocycles. The molecule has 7 nitrogen and oxygen atoms in total. The highest BCUT2D eigenvalue weighted by Crippen LogP contribution is 2.25. The number of esters is 1. The molecule has 1 saturated heterocycles. The third kappa shape index (κ3) is 4.25. The minimum Gasteiger partial charge on any atom is -0.449 e. The fraction of sp³-hybridized carbons (Fsp3) is 0.500. The Bertz CT molecular complexity index is 717. The average molecular weight is 354 g/mol. The summed E-state index contributed by atoms with van der Waals surface area (Å²) in [4.78, 5) is 23.9. The minimum absolute atomic E-state index is 0.107. The zero-order valence-electron chi connectivity index (χ0n) is 13.8. The smallest absolute Gasteiger partial charge is 0.338 e. The number of hydrogen-bond donors (Lipinski definition) is 1. The maximum atomic E-state index is 12.2. The van der Waals surface area contributed by atoms with Gasteiger partial charge in [0.15, 0.2) is 6.10 Å². The molecule has 0 spiro atoms. The van der Waals surface area contributed by atoms with Crippen LogP contribution >= 0.6 is 0 Å². The van der Waals surface area contributed by atoms with Crippen LogP contribution in [0, 0.1) is 0 Å². The molecule has 2 rings (SSSR count). The normalized spacial score (nSPS) is 17.3. The van der Waals surface area contributed by atoms with Crippen molar-refractivity contribution in [3.05, 3.63) is 29.8 Å². The van der Waals surface area contributed by atoms with Crippen LogP contribution in [0.4, 0.5) is 5.69 Å². The van der Waals surface area contributed by atoms with Crippen LogP contribution in [-0.2, 0) is 19.6 Å². The summed E-state index contributed by atoms with van der Waals surface area (Å²) in [7, 11) is -3.31. The molecule has 24 heavy (non-hydrogen) atoms. The van der Waals surface area contributed by atoms with E-state index in [4.69, 9.17) is 4.74 Å². The summed E-state index contributed by atoms with van der Waals surface area (Å²) in [5.41, 5.74) is 0.648. The fourth-order valence-electron chi connectivity index (χ4n) is 2.39. The molecule has 1 atom stereocenters. The van der Waals surface area contributed by atoms with Crippen LogP contribution in [0.3, 0.4) is 0 Å². The van der Waals surface area contributed by atoms with Crippen molar-refractivity contribution >= 4 is 27.6 Å². The van der Waals surface area contributed by atoms with E-state index in [9.17, 15) is 18.0 Å². The van der Waals surface area contributed by atoms with Crippen molar-refractivity contribution in [2.45, 2.75) is 32.8 Å². The van der Waals surface area contributed by atoms with E-state index < -0.39 is 22.1 Å². The van der Waals surface area contributed by atoms with E-state index in [1.165, 1.54) is 23.4 Å². The van der Waals surface area contributed by atoms with Crippen LogP contribution in [0.15, 0.2) is 24.3 Å². The lowest BCUT2D eigenvalue weighted by Crippen LogP contribution is -2.36. The molecule has 1 heterocycles. The SMILES string of the molecule is CCCNC(=O)C(C)OC(=O)c1cccc(N2CCCS2(=O)=O)c1. The van der Waals surface area contributed by atoms with Crippen LogP contribution in [0.25, 0.3) is 0 Å². The van der Waals surface area contributed by atoms with Gasteiger partial charge in [0.2, 0.25) is 10.0 Å². The largest absolute Gasteiger partial charge is 0.449 e.